The molecule has 0 amide bonds. The summed E-state index contributed by atoms with van der Waals surface area (Å²) in [6, 6.07) is 2.14. The molecule has 3 aromatic rings. The van der Waals surface area contributed by atoms with Crippen molar-refractivity contribution in [2.45, 2.75) is 25.9 Å². The molecule has 0 fully saturated rings. The van der Waals surface area contributed by atoms with Crippen LogP contribution in [-0.2, 0) is 13.0 Å². The quantitative estimate of drug-likeness (QED) is 0.777. The molecule has 0 aliphatic rings. The van der Waals surface area contributed by atoms with Crippen LogP contribution in [0.25, 0.3) is 10.2 Å². The number of aromatic amines is 1. The molecule has 0 aliphatic heterocycles. The normalized spacial score (nSPS) is 12.9. The zero-order valence-electron chi connectivity index (χ0n) is 12.5. The zero-order valence-corrected chi connectivity index (χ0v) is 13.3. The van der Waals surface area contributed by atoms with Gasteiger partial charge in [0.25, 0.3) is 5.56 Å². The summed E-state index contributed by atoms with van der Waals surface area (Å²) in [4.78, 5) is 29.9. The Morgan fingerprint density at radius 2 is 2.27 bits per heavy atom. The Morgan fingerprint density at radius 3 is 3.05 bits per heavy atom. The number of hydrogen-bond donors (Lipinski definition) is 1. The average Bonchev–Trinajstić information content (AvgIpc) is 2.97. The van der Waals surface area contributed by atoms with Crippen molar-refractivity contribution in [1.82, 2.24) is 24.8 Å². The van der Waals surface area contributed by atoms with E-state index in [0.717, 1.165) is 17.6 Å². The molecule has 22 heavy (non-hydrogen) atoms. The summed E-state index contributed by atoms with van der Waals surface area (Å²) in [5.41, 5.74) is 1.65. The highest BCUT2D eigenvalue weighted by atomic mass is 32.1. The number of fused-ring (bicyclic) bond motifs is 1. The van der Waals surface area contributed by atoms with E-state index in [4.69, 9.17) is 0 Å². The summed E-state index contributed by atoms with van der Waals surface area (Å²) >= 11 is 1.41. The number of rotatable bonds is 5. The lowest BCUT2D eigenvalue weighted by Crippen LogP contribution is -2.32. The van der Waals surface area contributed by atoms with Crippen LogP contribution in [0.15, 0.2) is 34.8 Å². The van der Waals surface area contributed by atoms with E-state index in [2.05, 4.69) is 31.8 Å². The molecule has 1 N–H and O–H groups in total. The summed E-state index contributed by atoms with van der Waals surface area (Å²) in [5, 5.41) is 1.89. The number of likely N-dealkylation sites (N-methyl/N-ethyl adjacent to an activating group) is 1. The van der Waals surface area contributed by atoms with Gasteiger partial charge in [-0.15, -0.1) is 11.3 Å². The van der Waals surface area contributed by atoms with E-state index >= 15 is 0 Å². The van der Waals surface area contributed by atoms with Crippen LogP contribution in [0.1, 0.15) is 18.4 Å². The molecule has 0 aliphatic carbocycles. The van der Waals surface area contributed by atoms with Crippen LogP contribution < -0.4 is 5.56 Å². The first-order chi connectivity index (χ1) is 10.6. The minimum Gasteiger partial charge on any atom is -0.308 e. The van der Waals surface area contributed by atoms with Gasteiger partial charge in [0.2, 0.25) is 0 Å². The van der Waals surface area contributed by atoms with Crippen molar-refractivity contribution in [3.05, 3.63) is 51.9 Å². The van der Waals surface area contributed by atoms with Crippen LogP contribution >= 0.6 is 11.3 Å². The van der Waals surface area contributed by atoms with Gasteiger partial charge in [-0.05, 0) is 25.4 Å². The Labute approximate surface area is 131 Å². The number of aromatic nitrogens is 4. The van der Waals surface area contributed by atoms with E-state index in [9.17, 15) is 4.79 Å². The fraction of sp³-hybridized carbons (Fsp3) is 0.333. The maximum atomic E-state index is 12.0. The van der Waals surface area contributed by atoms with Crippen LogP contribution in [0.2, 0.25) is 0 Å². The summed E-state index contributed by atoms with van der Waals surface area (Å²) in [6.07, 6.45) is 5.95. The van der Waals surface area contributed by atoms with Gasteiger partial charge in [-0.3, -0.25) is 19.7 Å². The average molecular weight is 315 g/mol. The van der Waals surface area contributed by atoms with Gasteiger partial charge in [0, 0.05) is 31.1 Å². The molecule has 3 rings (SSSR count). The highest BCUT2D eigenvalue weighted by molar-refractivity contribution is 7.17. The number of nitrogens with zero attached hydrogens (tertiary/aromatic N) is 4. The summed E-state index contributed by atoms with van der Waals surface area (Å²) in [5.74, 6) is 0.685. The molecule has 114 valence electrons. The molecular weight excluding hydrogens is 298 g/mol. The minimum absolute atomic E-state index is 0.0648. The summed E-state index contributed by atoms with van der Waals surface area (Å²) in [6.45, 7) is 2.71. The predicted octanol–water partition coefficient (Wildman–Crippen LogP) is 1.84. The lowest BCUT2D eigenvalue weighted by Gasteiger charge is -2.23. The van der Waals surface area contributed by atoms with Crippen LogP contribution in [-0.4, -0.2) is 37.9 Å². The maximum absolute atomic E-state index is 12.0. The van der Waals surface area contributed by atoms with Crippen molar-refractivity contribution in [2.24, 2.45) is 0 Å². The number of thiophene rings is 1. The molecule has 0 saturated carbocycles. The van der Waals surface area contributed by atoms with Crippen LogP contribution in [0.4, 0.5) is 0 Å². The van der Waals surface area contributed by atoms with Crippen molar-refractivity contribution < 1.29 is 0 Å². The Morgan fingerprint density at radius 1 is 1.41 bits per heavy atom. The summed E-state index contributed by atoms with van der Waals surface area (Å²) < 4.78 is 0.680. The molecule has 3 aromatic heterocycles. The van der Waals surface area contributed by atoms with E-state index < -0.39 is 0 Å². The highest BCUT2D eigenvalue weighted by Crippen LogP contribution is 2.14. The van der Waals surface area contributed by atoms with Gasteiger partial charge in [0.1, 0.15) is 10.5 Å². The Hall–Kier alpha value is -2.12. The first-order valence-corrected chi connectivity index (χ1v) is 7.93. The van der Waals surface area contributed by atoms with E-state index in [1.807, 2.05) is 18.5 Å². The van der Waals surface area contributed by atoms with Gasteiger partial charge in [-0.1, -0.05) is 0 Å². The number of nitrogens with one attached hydrogen (secondary N) is 1. The number of H-pyrrole nitrogens is 1. The van der Waals surface area contributed by atoms with Crippen LogP contribution in [0, 0.1) is 0 Å². The molecule has 0 spiro atoms. The third-order valence-electron chi connectivity index (χ3n) is 3.64. The summed E-state index contributed by atoms with van der Waals surface area (Å²) in [7, 11) is 2.01. The predicted molar refractivity (Wildman–Crippen MR) is 86.9 cm³/mol. The van der Waals surface area contributed by atoms with E-state index in [1.54, 1.807) is 18.6 Å². The molecule has 1 atom stereocenters. The molecule has 0 unspecified atom stereocenters. The first kappa shape index (κ1) is 14.8. The molecular formula is C15H17N5OS. The topological polar surface area (TPSA) is 74.8 Å². The van der Waals surface area contributed by atoms with Gasteiger partial charge in [-0.2, -0.15) is 0 Å². The Kier molecular flexibility index (Phi) is 4.26. The molecule has 0 radical (unpaired) electrons. The molecule has 6 nitrogen and oxygen atoms in total. The smallest absolute Gasteiger partial charge is 0.268 e. The third-order valence-corrected chi connectivity index (χ3v) is 4.54. The van der Waals surface area contributed by atoms with Crippen molar-refractivity contribution in [3.63, 3.8) is 0 Å². The fourth-order valence-electron chi connectivity index (χ4n) is 2.28. The first-order valence-electron chi connectivity index (χ1n) is 7.05. The van der Waals surface area contributed by atoms with Crippen molar-refractivity contribution >= 4 is 21.6 Å². The Balaban J connectivity index is 1.72. The molecule has 0 aromatic carbocycles. The second kappa shape index (κ2) is 6.33. The fourth-order valence-corrected chi connectivity index (χ4v) is 3.01. The van der Waals surface area contributed by atoms with Gasteiger partial charge in [0.15, 0.2) is 0 Å². The third kappa shape index (κ3) is 3.20. The van der Waals surface area contributed by atoms with E-state index in [-0.39, 0.29) is 11.6 Å². The molecule has 3 heterocycles. The highest BCUT2D eigenvalue weighted by Gasteiger charge is 2.13. The number of hydrogen-bond acceptors (Lipinski definition) is 6. The van der Waals surface area contributed by atoms with E-state index in [1.165, 1.54) is 11.3 Å². The minimum atomic E-state index is -0.0648. The largest absolute Gasteiger partial charge is 0.308 e. The van der Waals surface area contributed by atoms with Gasteiger partial charge in [-0.25, -0.2) is 4.98 Å². The van der Waals surface area contributed by atoms with Crippen LogP contribution in [0.5, 0.6) is 0 Å². The van der Waals surface area contributed by atoms with Crippen molar-refractivity contribution in [1.29, 1.82) is 0 Å². The molecule has 0 bridgehead atoms. The lowest BCUT2D eigenvalue weighted by molar-refractivity contribution is 0.241. The SMILES string of the molecule is C[C@@H](Cc1cnccn1)N(C)Cc1nc2ccsc2c(=O)[nH]1. The van der Waals surface area contributed by atoms with E-state index in [0.29, 0.717) is 17.1 Å². The lowest BCUT2D eigenvalue weighted by atomic mass is 10.1. The Bertz CT molecular complexity index is 813. The maximum Gasteiger partial charge on any atom is 0.268 e. The molecule has 0 saturated heterocycles. The second-order valence-corrected chi connectivity index (χ2v) is 6.23. The van der Waals surface area contributed by atoms with Gasteiger partial charge >= 0.3 is 0 Å². The van der Waals surface area contributed by atoms with Crippen molar-refractivity contribution in [2.75, 3.05) is 7.05 Å². The standard InChI is InChI=1S/C15H17N5OS/c1-10(7-11-8-16-4-5-17-11)20(2)9-13-18-12-3-6-22-14(12)15(21)19-13/h3-6,8,10H,7,9H2,1-2H3,(H,18,19,21)/t10-/m0/s1. The zero-order chi connectivity index (χ0) is 15.5. The van der Waals surface area contributed by atoms with Gasteiger partial charge < -0.3 is 4.98 Å². The monoisotopic (exact) mass is 315 g/mol. The second-order valence-electron chi connectivity index (χ2n) is 5.31. The molecule has 7 heteroatoms. The van der Waals surface area contributed by atoms with Crippen LogP contribution in [0.3, 0.4) is 0 Å². The van der Waals surface area contributed by atoms with Gasteiger partial charge in [0.05, 0.1) is 17.8 Å². The van der Waals surface area contributed by atoms with Crippen molar-refractivity contribution in [3.8, 4) is 0 Å².